The third kappa shape index (κ3) is 3.46. The SMILES string of the molecule is CCOC1CCCN(c2nc(C)c(C(C)NC)s2)C1. The van der Waals surface area contributed by atoms with Crippen LogP contribution in [0.15, 0.2) is 0 Å². The molecule has 1 aromatic heterocycles. The van der Waals surface area contributed by atoms with E-state index in [1.54, 1.807) is 0 Å². The summed E-state index contributed by atoms with van der Waals surface area (Å²) in [6.07, 6.45) is 2.74. The number of aryl methyl sites for hydroxylation is 1. The third-order valence-corrected chi connectivity index (χ3v) is 5.10. The first-order chi connectivity index (χ1) is 9.15. The highest BCUT2D eigenvalue weighted by molar-refractivity contribution is 7.15. The molecule has 2 heterocycles. The number of anilines is 1. The van der Waals surface area contributed by atoms with Gasteiger partial charge in [-0.25, -0.2) is 4.98 Å². The molecule has 2 unspecified atom stereocenters. The van der Waals surface area contributed by atoms with Gasteiger partial charge >= 0.3 is 0 Å². The number of rotatable bonds is 5. The van der Waals surface area contributed by atoms with Gasteiger partial charge in [-0.15, -0.1) is 11.3 Å². The second-order valence-electron chi connectivity index (χ2n) is 5.12. The first-order valence-corrected chi connectivity index (χ1v) is 7.98. The van der Waals surface area contributed by atoms with E-state index in [9.17, 15) is 0 Å². The Morgan fingerprint density at radius 3 is 3.05 bits per heavy atom. The Labute approximate surface area is 120 Å². The fourth-order valence-corrected chi connectivity index (χ4v) is 3.71. The summed E-state index contributed by atoms with van der Waals surface area (Å²) >= 11 is 1.82. The van der Waals surface area contributed by atoms with Crippen molar-refractivity contribution in [1.82, 2.24) is 10.3 Å². The van der Waals surface area contributed by atoms with Gasteiger partial charge in [-0.1, -0.05) is 0 Å². The van der Waals surface area contributed by atoms with Gasteiger partial charge in [0.2, 0.25) is 0 Å². The highest BCUT2D eigenvalue weighted by Gasteiger charge is 2.23. The lowest BCUT2D eigenvalue weighted by atomic mass is 10.1. The van der Waals surface area contributed by atoms with Crippen molar-refractivity contribution in [3.8, 4) is 0 Å². The van der Waals surface area contributed by atoms with Gasteiger partial charge in [-0.3, -0.25) is 0 Å². The van der Waals surface area contributed by atoms with E-state index >= 15 is 0 Å². The molecule has 19 heavy (non-hydrogen) atoms. The topological polar surface area (TPSA) is 37.4 Å². The van der Waals surface area contributed by atoms with Crippen LogP contribution in [0.3, 0.4) is 0 Å². The number of aromatic nitrogens is 1. The predicted octanol–water partition coefficient (Wildman–Crippen LogP) is 2.74. The number of hydrogen-bond acceptors (Lipinski definition) is 5. The molecule has 1 aliphatic heterocycles. The van der Waals surface area contributed by atoms with Crippen LogP contribution < -0.4 is 10.2 Å². The normalized spacial score (nSPS) is 21.7. The Morgan fingerprint density at radius 2 is 2.37 bits per heavy atom. The Kier molecular flexibility index (Phi) is 5.19. The van der Waals surface area contributed by atoms with Crippen LogP contribution in [-0.4, -0.2) is 37.8 Å². The molecule has 0 saturated carbocycles. The summed E-state index contributed by atoms with van der Waals surface area (Å²) in [7, 11) is 2.00. The maximum Gasteiger partial charge on any atom is 0.185 e. The molecular formula is C14H25N3OS. The maximum atomic E-state index is 5.76. The molecule has 1 N–H and O–H groups in total. The fourth-order valence-electron chi connectivity index (χ4n) is 2.55. The molecule has 1 aliphatic rings. The Bertz CT molecular complexity index is 405. The van der Waals surface area contributed by atoms with E-state index in [2.05, 4.69) is 31.0 Å². The van der Waals surface area contributed by atoms with E-state index in [-0.39, 0.29) is 0 Å². The van der Waals surface area contributed by atoms with Gasteiger partial charge in [0.15, 0.2) is 5.13 Å². The van der Waals surface area contributed by atoms with Crippen molar-refractivity contribution in [2.24, 2.45) is 0 Å². The summed E-state index contributed by atoms with van der Waals surface area (Å²) < 4.78 is 5.76. The van der Waals surface area contributed by atoms with Crippen LogP contribution in [0.2, 0.25) is 0 Å². The first kappa shape index (κ1) is 14.8. The van der Waals surface area contributed by atoms with Crippen LogP contribution >= 0.6 is 11.3 Å². The molecule has 0 radical (unpaired) electrons. The highest BCUT2D eigenvalue weighted by atomic mass is 32.1. The Balaban J connectivity index is 2.09. The van der Waals surface area contributed by atoms with Gasteiger partial charge < -0.3 is 15.0 Å². The summed E-state index contributed by atoms with van der Waals surface area (Å²) in [4.78, 5) is 8.47. The maximum absolute atomic E-state index is 5.76. The number of nitrogens with zero attached hydrogens (tertiary/aromatic N) is 2. The molecule has 1 saturated heterocycles. The van der Waals surface area contributed by atoms with E-state index in [1.807, 2.05) is 18.4 Å². The molecular weight excluding hydrogens is 258 g/mol. The average Bonchev–Trinajstić information content (AvgIpc) is 2.81. The monoisotopic (exact) mass is 283 g/mol. The van der Waals surface area contributed by atoms with Crippen LogP contribution in [-0.2, 0) is 4.74 Å². The fraction of sp³-hybridized carbons (Fsp3) is 0.786. The van der Waals surface area contributed by atoms with Crippen molar-refractivity contribution in [1.29, 1.82) is 0 Å². The molecule has 4 nitrogen and oxygen atoms in total. The van der Waals surface area contributed by atoms with Crippen molar-refractivity contribution in [2.45, 2.75) is 45.8 Å². The van der Waals surface area contributed by atoms with Crippen LogP contribution in [0, 0.1) is 6.92 Å². The van der Waals surface area contributed by atoms with Crippen molar-refractivity contribution in [2.75, 3.05) is 31.6 Å². The largest absolute Gasteiger partial charge is 0.377 e. The Hall–Kier alpha value is -0.650. The summed E-state index contributed by atoms with van der Waals surface area (Å²) in [6, 6.07) is 0.374. The second-order valence-corrected chi connectivity index (χ2v) is 6.13. The number of nitrogens with one attached hydrogen (secondary N) is 1. The van der Waals surface area contributed by atoms with E-state index < -0.39 is 0 Å². The lowest BCUT2D eigenvalue weighted by Gasteiger charge is -2.32. The zero-order chi connectivity index (χ0) is 13.8. The van der Waals surface area contributed by atoms with Crippen LogP contribution in [0.25, 0.3) is 0 Å². The van der Waals surface area contributed by atoms with Crippen molar-refractivity contribution < 1.29 is 4.74 Å². The zero-order valence-corrected chi connectivity index (χ0v) is 13.2. The molecule has 0 spiro atoms. The van der Waals surface area contributed by atoms with E-state index in [0.29, 0.717) is 12.1 Å². The Morgan fingerprint density at radius 1 is 1.58 bits per heavy atom. The lowest BCUT2D eigenvalue weighted by molar-refractivity contribution is 0.0526. The minimum absolute atomic E-state index is 0.369. The van der Waals surface area contributed by atoms with Crippen molar-refractivity contribution >= 4 is 16.5 Å². The van der Waals surface area contributed by atoms with E-state index in [4.69, 9.17) is 9.72 Å². The number of hydrogen-bond donors (Lipinski definition) is 1. The number of ether oxygens (including phenoxy) is 1. The van der Waals surface area contributed by atoms with Gasteiger partial charge in [0.25, 0.3) is 0 Å². The minimum atomic E-state index is 0.369. The quantitative estimate of drug-likeness (QED) is 0.901. The van der Waals surface area contributed by atoms with Crippen LogP contribution in [0.5, 0.6) is 0 Å². The summed E-state index contributed by atoms with van der Waals surface area (Å²) in [6.45, 7) is 9.24. The van der Waals surface area contributed by atoms with Gasteiger partial charge in [0.1, 0.15) is 0 Å². The minimum Gasteiger partial charge on any atom is -0.377 e. The number of piperidine rings is 1. The lowest BCUT2D eigenvalue weighted by Crippen LogP contribution is -2.39. The smallest absolute Gasteiger partial charge is 0.185 e. The molecule has 2 rings (SSSR count). The van der Waals surface area contributed by atoms with Crippen molar-refractivity contribution in [3.05, 3.63) is 10.6 Å². The molecule has 1 fully saturated rings. The highest BCUT2D eigenvalue weighted by Crippen LogP contribution is 2.32. The van der Waals surface area contributed by atoms with Gasteiger partial charge in [-0.05, 0) is 40.7 Å². The average molecular weight is 283 g/mol. The van der Waals surface area contributed by atoms with E-state index in [0.717, 1.165) is 30.5 Å². The van der Waals surface area contributed by atoms with Gasteiger partial charge in [0, 0.05) is 30.6 Å². The molecule has 0 aliphatic carbocycles. The standard InChI is InChI=1S/C14H25N3OS/c1-5-18-12-7-6-8-17(9-12)14-16-11(3)13(19-14)10(2)15-4/h10,12,15H,5-9H2,1-4H3. The number of thiazole rings is 1. The molecule has 108 valence electrons. The van der Waals surface area contributed by atoms with Crippen LogP contribution in [0.4, 0.5) is 5.13 Å². The molecule has 0 aromatic carbocycles. The van der Waals surface area contributed by atoms with E-state index in [1.165, 1.54) is 17.7 Å². The third-order valence-electron chi connectivity index (χ3n) is 3.70. The molecule has 1 aromatic rings. The first-order valence-electron chi connectivity index (χ1n) is 7.16. The second kappa shape index (κ2) is 6.68. The van der Waals surface area contributed by atoms with Gasteiger partial charge in [0.05, 0.1) is 11.8 Å². The molecule has 0 amide bonds. The molecule has 5 heteroatoms. The summed E-state index contributed by atoms with van der Waals surface area (Å²) in [5.41, 5.74) is 1.15. The summed E-state index contributed by atoms with van der Waals surface area (Å²) in [5, 5.41) is 4.45. The van der Waals surface area contributed by atoms with Crippen LogP contribution in [0.1, 0.15) is 43.3 Å². The molecule has 2 atom stereocenters. The van der Waals surface area contributed by atoms with Gasteiger partial charge in [-0.2, -0.15) is 0 Å². The summed E-state index contributed by atoms with van der Waals surface area (Å²) in [5.74, 6) is 0. The molecule has 0 bridgehead atoms. The van der Waals surface area contributed by atoms with Crippen molar-refractivity contribution in [3.63, 3.8) is 0 Å². The zero-order valence-electron chi connectivity index (χ0n) is 12.4. The predicted molar refractivity (Wildman–Crippen MR) is 81.2 cm³/mol.